The van der Waals surface area contributed by atoms with E-state index in [0.29, 0.717) is 0 Å². The van der Waals surface area contributed by atoms with Crippen molar-refractivity contribution in [1.29, 1.82) is 0 Å². The number of aromatic nitrogens is 2. The van der Waals surface area contributed by atoms with Crippen molar-refractivity contribution in [2.75, 3.05) is 19.0 Å². The SMILES string of the molecule is Cc1c[nH]c(=S)n1-c1ccccc1N(C)C. The van der Waals surface area contributed by atoms with Crippen LogP contribution in [0.15, 0.2) is 30.5 Å². The minimum absolute atomic E-state index is 0.729. The maximum Gasteiger partial charge on any atom is 0.182 e. The van der Waals surface area contributed by atoms with E-state index in [2.05, 4.69) is 22.0 Å². The molecule has 2 rings (SSSR count). The summed E-state index contributed by atoms with van der Waals surface area (Å²) in [6.07, 6.45) is 1.93. The molecule has 4 heteroatoms. The average molecular weight is 233 g/mol. The number of H-pyrrole nitrogens is 1. The van der Waals surface area contributed by atoms with Crippen LogP contribution in [-0.2, 0) is 0 Å². The minimum Gasteiger partial charge on any atom is -0.376 e. The molecular formula is C12H15N3S. The van der Waals surface area contributed by atoms with Crippen LogP contribution in [0.5, 0.6) is 0 Å². The van der Waals surface area contributed by atoms with Gasteiger partial charge in [-0.1, -0.05) is 12.1 Å². The largest absolute Gasteiger partial charge is 0.376 e. The van der Waals surface area contributed by atoms with Gasteiger partial charge in [0.25, 0.3) is 0 Å². The molecule has 84 valence electrons. The van der Waals surface area contributed by atoms with Crippen LogP contribution in [0, 0.1) is 11.7 Å². The molecule has 2 aromatic rings. The lowest BCUT2D eigenvalue weighted by Crippen LogP contribution is -2.12. The highest BCUT2D eigenvalue weighted by Crippen LogP contribution is 2.23. The summed E-state index contributed by atoms with van der Waals surface area (Å²) in [5, 5.41) is 0. The van der Waals surface area contributed by atoms with E-state index in [1.54, 1.807) is 0 Å². The van der Waals surface area contributed by atoms with Gasteiger partial charge in [-0.05, 0) is 31.3 Å². The lowest BCUT2D eigenvalue weighted by atomic mass is 10.2. The Hall–Kier alpha value is -1.55. The van der Waals surface area contributed by atoms with Crippen molar-refractivity contribution < 1.29 is 0 Å². The van der Waals surface area contributed by atoms with E-state index in [-0.39, 0.29) is 0 Å². The molecule has 1 heterocycles. The molecule has 0 saturated heterocycles. The molecule has 0 radical (unpaired) electrons. The molecule has 16 heavy (non-hydrogen) atoms. The number of nitrogens with zero attached hydrogens (tertiary/aromatic N) is 2. The Labute approximate surface area is 100 Å². The van der Waals surface area contributed by atoms with Crippen LogP contribution in [0.3, 0.4) is 0 Å². The molecular weight excluding hydrogens is 218 g/mol. The highest BCUT2D eigenvalue weighted by atomic mass is 32.1. The quantitative estimate of drug-likeness (QED) is 0.806. The Balaban J connectivity index is 2.69. The van der Waals surface area contributed by atoms with Gasteiger partial charge in [-0.2, -0.15) is 0 Å². The molecule has 0 saturated carbocycles. The van der Waals surface area contributed by atoms with Gasteiger partial charge >= 0.3 is 0 Å². The lowest BCUT2D eigenvalue weighted by molar-refractivity contribution is 0.968. The highest BCUT2D eigenvalue weighted by Gasteiger charge is 2.08. The van der Waals surface area contributed by atoms with Crippen LogP contribution in [0.4, 0.5) is 5.69 Å². The molecule has 3 nitrogen and oxygen atoms in total. The Morgan fingerprint density at radius 3 is 2.50 bits per heavy atom. The van der Waals surface area contributed by atoms with Gasteiger partial charge in [-0.25, -0.2) is 0 Å². The van der Waals surface area contributed by atoms with Crippen molar-refractivity contribution in [1.82, 2.24) is 9.55 Å². The molecule has 0 aliphatic heterocycles. The van der Waals surface area contributed by atoms with Crippen LogP contribution in [0.25, 0.3) is 5.69 Å². The fourth-order valence-electron chi connectivity index (χ4n) is 1.79. The number of rotatable bonds is 2. The number of hydrogen-bond donors (Lipinski definition) is 1. The predicted octanol–water partition coefficient (Wildman–Crippen LogP) is 2.91. The first-order valence-corrected chi connectivity index (χ1v) is 5.56. The summed E-state index contributed by atoms with van der Waals surface area (Å²) >= 11 is 5.29. The highest BCUT2D eigenvalue weighted by molar-refractivity contribution is 7.71. The number of nitrogens with one attached hydrogen (secondary N) is 1. The Bertz CT molecular complexity index is 551. The second kappa shape index (κ2) is 4.14. The first-order chi connectivity index (χ1) is 7.61. The second-order valence-corrected chi connectivity index (χ2v) is 4.34. The van der Waals surface area contributed by atoms with Gasteiger partial charge in [0.2, 0.25) is 0 Å². The molecule has 0 unspecified atom stereocenters. The zero-order valence-electron chi connectivity index (χ0n) is 9.69. The van der Waals surface area contributed by atoms with Gasteiger partial charge in [-0.15, -0.1) is 0 Å². The van der Waals surface area contributed by atoms with E-state index in [1.165, 1.54) is 0 Å². The maximum atomic E-state index is 5.29. The third-order valence-corrected chi connectivity index (χ3v) is 2.87. The second-order valence-electron chi connectivity index (χ2n) is 3.95. The van der Waals surface area contributed by atoms with Gasteiger partial charge in [-0.3, -0.25) is 4.57 Å². The summed E-state index contributed by atoms with van der Waals surface area (Å²) < 4.78 is 2.77. The van der Waals surface area contributed by atoms with Crippen molar-refractivity contribution in [2.24, 2.45) is 0 Å². The summed E-state index contributed by atoms with van der Waals surface area (Å²) in [7, 11) is 4.06. The van der Waals surface area contributed by atoms with Crippen LogP contribution in [0.2, 0.25) is 0 Å². The molecule has 0 bridgehead atoms. The van der Waals surface area contributed by atoms with E-state index >= 15 is 0 Å². The van der Waals surface area contributed by atoms with Crippen LogP contribution >= 0.6 is 12.2 Å². The third-order valence-electron chi connectivity index (χ3n) is 2.56. The number of aromatic amines is 1. The van der Waals surface area contributed by atoms with Crippen LogP contribution in [-0.4, -0.2) is 23.6 Å². The van der Waals surface area contributed by atoms with Gasteiger partial charge in [0.15, 0.2) is 4.77 Å². The number of benzene rings is 1. The lowest BCUT2D eigenvalue weighted by Gasteiger charge is -2.18. The summed E-state index contributed by atoms with van der Waals surface area (Å²) in [4.78, 5) is 5.15. The molecule has 0 spiro atoms. The number of aryl methyl sites for hydroxylation is 1. The Morgan fingerprint density at radius 1 is 1.25 bits per heavy atom. The van der Waals surface area contributed by atoms with Crippen molar-refractivity contribution in [3.8, 4) is 5.69 Å². The molecule has 0 amide bonds. The normalized spacial score (nSPS) is 10.4. The van der Waals surface area contributed by atoms with Gasteiger partial charge in [0, 0.05) is 26.0 Å². The van der Waals surface area contributed by atoms with Crippen LogP contribution in [0.1, 0.15) is 5.69 Å². The smallest absolute Gasteiger partial charge is 0.182 e. The minimum atomic E-state index is 0.729. The van der Waals surface area contributed by atoms with Crippen molar-refractivity contribution >= 4 is 17.9 Å². The molecule has 0 aliphatic rings. The fraction of sp³-hybridized carbons (Fsp3) is 0.250. The van der Waals surface area contributed by atoms with E-state index in [4.69, 9.17) is 12.2 Å². The van der Waals surface area contributed by atoms with E-state index in [0.717, 1.165) is 21.8 Å². The molecule has 1 aromatic carbocycles. The topological polar surface area (TPSA) is 24.0 Å². The third kappa shape index (κ3) is 1.76. The Kier molecular flexibility index (Phi) is 2.83. The van der Waals surface area contributed by atoms with Crippen molar-refractivity contribution in [2.45, 2.75) is 6.92 Å². The maximum absolute atomic E-state index is 5.29. The fourth-order valence-corrected chi connectivity index (χ4v) is 2.09. The predicted molar refractivity (Wildman–Crippen MR) is 70.0 cm³/mol. The van der Waals surface area contributed by atoms with E-state index in [1.807, 2.05) is 43.9 Å². The first-order valence-electron chi connectivity index (χ1n) is 5.15. The molecule has 0 fully saturated rings. The number of para-hydroxylation sites is 2. The summed E-state index contributed by atoms with van der Waals surface area (Å²) in [5.41, 5.74) is 3.37. The molecule has 0 atom stereocenters. The van der Waals surface area contributed by atoms with Gasteiger partial charge in [0.05, 0.1) is 11.4 Å². The molecule has 1 aromatic heterocycles. The van der Waals surface area contributed by atoms with Gasteiger partial charge in [0.1, 0.15) is 0 Å². The monoisotopic (exact) mass is 233 g/mol. The zero-order valence-corrected chi connectivity index (χ0v) is 10.5. The number of imidazole rings is 1. The number of hydrogen-bond acceptors (Lipinski definition) is 2. The average Bonchev–Trinajstić information content (AvgIpc) is 2.58. The molecule has 1 N–H and O–H groups in total. The van der Waals surface area contributed by atoms with E-state index in [9.17, 15) is 0 Å². The standard InChI is InChI=1S/C12H15N3S/c1-9-8-13-12(16)15(9)11-7-5-4-6-10(11)14(2)3/h4-8H,1-3H3,(H,13,16). The summed E-state index contributed by atoms with van der Waals surface area (Å²) in [6.45, 7) is 2.04. The zero-order chi connectivity index (χ0) is 11.7. The summed E-state index contributed by atoms with van der Waals surface area (Å²) in [5.74, 6) is 0. The van der Waals surface area contributed by atoms with Crippen LogP contribution < -0.4 is 4.90 Å². The number of anilines is 1. The van der Waals surface area contributed by atoms with Crippen molar-refractivity contribution in [3.63, 3.8) is 0 Å². The summed E-state index contributed by atoms with van der Waals surface area (Å²) in [6, 6.07) is 8.22. The van der Waals surface area contributed by atoms with Gasteiger partial charge < -0.3 is 9.88 Å². The first kappa shape index (κ1) is 11.0. The van der Waals surface area contributed by atoms with E-state index < -0.39 is 0 Å². The Morgan fingerprint density at radius 2 is 1.94 bits per heavy atom. The molecule has 0 aliphatic carbocycles. The van der Waals surface area contributed by atoms with Crippen molar-refractivity contribution in [3.05, 3.63) is 40.9 Å².